The summed E-state index contributed by atoms with van der Waals surface area (Å²) in [7, 11) is 1.49. The van der Waals surface area contributed by atoms with Gasteiger partial charge in [-0.2, -0.15) is 13.2 Å². The first-order chi connectivity index (χ1) is 11.3. The number of benzene rings is 2. The first-order valence-electron chi connectivity index (χ1n) is 6.58. The fourth-order valence-electron chi connectivity index (χ4n) is 2.01. The van der Waals surface area contributed by atoms with E-state index in [9.17, 15) is 22.4 Å². The van der Waals surface area contributed by atoms with E-state index in [1.807, 2.05) is 0 Å². The molecule has 128 valence electrons. The van der Waals surface area contributed by atoms with Crippen LogP contribution in [0.1, 0.15) is 21.5 Å². The van der Waals surface area contributed by atoms with E-state index in [4.69, 9.17) is 21.1 Å². The Morgan fingerprint density at radius 1 is 1.21 bits per heavy atom. The highest BCUT2D eigenvalue weighted by atomic mass is 35.5. The Morgan fingerprint density at radius 2 is 1.83 bits per heavy atom. The zero-order valence-electron chi connectivity index (χ0n) is 12.3. The zero-order valence-corrected chi connectivity index (χ0v) is 13.0. The van der Waals surface area contributed by atoms with E-state index in [1.165, 1.54) is 7.11 Å². The molecule has 2 aromatic rings. The molecule has 0 aliphatic carbocycles. The third-order valence-corrected chi connectivity index (χ3v) is 3.47. The number of hydrogen-bond acceptors (Lipinski definition) is 3. The molecule has 24 heavy (non-hydrogen) atoms. The second-order valence-corrected chi connectivity index (χ2v) is 5.12. The summed E-state index contributed by atoms with van der Waals surface area (Å²) in [5.41, 5.74) is -2.08. The van der Waals surface area contributed by atoms with Gasteiger partial charge in [-0.05, 0) is 17.7 Å². The number of rotatable bonds is 5. The molecule has 0 fully saturated rings. The minimum absolute atomic E-state index is 0.124. The Balaban J connectivity index is 2.30. The summed E-state index contributed by atoms with van der Waals surface area (Å²) >= 11 is 5.55. The number of hydrogen-bond donors (Lipinski definition) is 0. The lowest BCUT2D eigenvalue weighted by Crippen LogP contribution is -2.13. The van der Waals surface area contributed by atoms with Crippen LogP contribution in [0.3, 0.4) is 0 Å². The monoisotopic (exact) mass is 362 g/mol. The Morgan fingerprint density at radius 3 is 2.33 bits per heavy atom. The van der Waals surface area contributed by atoms with Crippen LogP contribution in [0.4, 0.5) is 17.6 Å². The number of carbonyl (C=O) groups is 1. The predicted octanol–water partition coefficient (Wildman–Crippen LogP) is 4.90. The van der Waals surface area contributed by atoms with Gasteiger partial charge in [0.05, 0.1) is 23.3 Å². The van der Waals surface area contributed by atoms with Gasteiger partial charge in [-0.15, -0.1) is 0 Å². The summed E-state index contributed by atoms with van der Waals surface area (Å²) in [4.78, 5) is 10.9. The van der Waals surface area contributed by atoms with Crippen molar-refractivity contribution in [2.24, 2.45) is 0 Å². The first kappa shape index (κ1) is 18.1. The molecule has 0 radical (unpaired) electrons. The van der Waals surface area contributed by atoms with Crippen molar-refractivity contribution in [2.45, 2.75) is 12.8 Å². The number of aldehydes is 1. The topological polar surface area (TPSA) is 35.5 Å². The maximum Gasteiger partial charge on any atom is 0.418 e. The molecule has 0 N–H and O–H groups in total. The fourth-order valence-corrected chi connectivity index (χ4v) is 2.32. The van der Waals surface area contributed by atoms with Crippen molar-refractivity contribution in [2.75, 3.05) is 7.11 Å². The molecular formula is C16H11ClF4O3. The fraction of sp³-hybridized carbons (Fsp3) is 0.188. The maximum atomic E-state index is 14.1. The summed E-state index contributed by atoms with van der Waals surface area (Å²) in [6.45, 7) is -0.124. The summed E-state index contributed by atoms with van der Waals surface area (Å²) in [6.07, 6.45) is -5.19. The third kappa shape index (κ3) is 3.79. The normalized spacial score (nSPS) is 11.2. The van der Waals surface area contributed by atoms with Crippen molar-refractivity contribution in [1.82, 2.24) is 0 Å². The lowest BCUT2D eigenvalue weighted by molar-refractivity contribution is -0.137. The van der Waals surface area contributed by atoms with Gasteiger partial charge < -0.3 is 9.47 Å². The molecule has 0 aromatic heterocycles. The molecule has 3 nitrogen and oxygen atoms in total. The SMILES string of the molecule is COc1ccc(COc2cc(Cl)c(C(F)(F)F)c(C=O)c2F)cc1. The second kappa shape index (κ2) is 7.09. The molecule has 0 saturated carbocycles. The Labute approximate surface area is 139 Å². The van der Waals surface area contributed by atoms with Gasteiger partial charge in [0.15, 0.2) is 17.9 Å². The van der Waals surface area contributed by atoms with Gasteiger partial charge in [-0.1, -0.05) is 23.7 Å². The average Bonchev–Trinajstić information content (AvgIpc) is 2.54. The number of carbonyl (C=O) groups excluding carboxylic acids is 1. The van der Waals surface area contributed by atoms with Gasteiger partial charge in [0.25, 0.3) is 0 Å². The van der Waals surface area contributed by atoms with Crippen LogP contribution in [0.25, 0.3) is 0 Å². The molecule has 2 aromatic carbocycles. The molecule has 0 aliphatic rings. The largest absolute Gasteiger partial charge is 0.497 e. The molecule has 2 rings (SSSR count). The van der Waals surface area contributed by atoms with Gasteiger partial charge in [-0.3, -0.25) is 4.79 Å². The van der Waals surface area contributed by atoms with Crippen molar-refractivity contribution >= 4 is 17.9 Å². The minimum atomic E-state index is -4.96. The van der Waals surface area contributed by atoms with Gasteiger partial charge in [0.2, 0.25) is 0 Å². The molecule has 0 spiro atoms. The Kier molecular flexibility index (Phi) is 5.33. The average molecular weight is 363 g/mol. The van der Waals surface area contributed by atoms with Crippen LogP contribution in [-0.4, -0.2) is 13.4 Å². The van der Waals surface area contributed by atoms with Gasteiger partial charge in [0.1, 0.15) is 12.4 Å². The van der Waals surface area contributed by atoms with Crippen LogP contribution < -0.4 is 9.47 Å². The van der Waals surface area contributed by atoms with E-state index >= 15 is 0 Å². The van der Waals surface area contributed by atoms with Crippen molar-refractivity contribution < 1.29 is 31.8 Å². The van der Waals surface area contributed by atoms with E-state index in [-0.39, 0.29) is 12.9 Å². The smallest absolute Gasteiger partial charge is 0.418 e. The lowest BCUT2D eigenvalue weighted by atomic mass is 10.1. The summed E-state index contributed by atoms with van der Waals surface area (Å²) in [5, 5.41) is -0.810. The molecule has 0 amide bonds. The van der Waals surface area contributed by atoms with E-state index in [1.54, 1.807) is 24.3 Å². The van der Waals surface area contributed by atoms with Crippen LogP contribution in [0.2, 0.25) is 5.02 Å². The predicted molar refractivity (Wildman–Crippen MR) is 79.1 cm³/mol. The number of alkyl halides is 3. The van der Waals surface area contributed by atoms with Crippen LogP contribution in [0, 0.1) is 5.82 Å². The standard InChI is InChI=1S/C16H11ClF4O3/c1-23-10-4-2-9(3-5-10)8-24-13-6-12(17)14(16(19,20)21)11(7-22)15(13)18/h2-7H,8H2,1H3. The van der Waals surface area contributed by atoms with Crippen LogP contribution in [-0.2, 0) is 12.8 Å². The van der Waals surface area contributed by atoms with E-state index < -0.39 is 33.9 Å². The van der Waals surface area contributed by atoms with Gasteiger partial charge in [0, 0.05) is 6.07 Å². The molecule has 8 heteroatoms. The highest BCUT2D eigenvalue weighted by molar-refractivity contribution is 6.32. The number of methoxy groups -OCH3 is 1. The van der Waals surface area contributed by atoms with Crippen LogP contribution in [0.5, 0.6) is 11.5 Å². The third-order valence-electron chi connectivity index (χ3n) is 3.17. The molecule has 0 aliphatic heterocycles. The molecule has 0 unspecified atom stereocenters. The van der Waals surface area contributed by atoms with Crippen molar-refractivity contribution in [1.29, 1.82) is 0 Å². The van der Waals surface area contributed by atoms with Crippen molar-refractivity contribution in [3.8, 4) is 11.5 Å². The van der Waals surface area contributed by atoms with E-state index in [0.29, 0.717) is 17.4 Å². The quantitative estimate of drug-likeness (QED) is 0.560. The molecular weight excluding hydrogens is 352 g/mol. The van der Waals surface area contributed by atoms with Gasteiger partial charge >= 0.3 is 6.18 Å². The van der Waals surface area contributed by atoms with Crippen LogP contribution >= 0.6 is 11.6 Å². The van der Waals surface area contributed by atoms with Gasteiger partial charge in [-0.25, -0.2) is 4.39 Å². The molecule has 0 bridgehead atoms. The molecule has 0 atom stereocenters. The lowest BCUT2D eigenvalue weighted by Gasteiger charge is -2.15. The Bertz CT molecular complexity index is 742. The maximum absolute atomic E-state index is 14.1. The minimum Gasteiger partial charge on any atom is -0.497 e. The summed E-state index contributed by atoms with van der Waals surface area (Å²) in [5.74, 6) is -1.34. The number of ether oxygens (including phenoxy) is 2. The molecule has 0 heterocycles. The summed E-state index contributed by atoms with van der Waals surface area (Å²) < 4.78 is 62.9. The van der Waals surface area contributed by atoms with Crippen molar-refractivity contribution in [3.05, 3.63) is 57.9 Å². The highest BCUT2D eigenvalue weighted by Crippen LogP contribution is 2.40. The number of halogens is 5. The van der Waals surface area contributed by atoms with E-state index in [2.05, 4.69) is 0 Å². The molecule has 0 saturated heterocycles. The van der Waals surface area contributed by atoms with Crippen molar-refractivity contribution in [3.63, 3.8) is 0 Å². The first-order valence-corrected chi connectivity index (χ1v) is 6.95. The highest BCUT2D eigenvalue weighted by Gasteiger charge is 2.38. The summed E-state index contributed by atoms with van der Waals surface area (Å²) in [6, 6.07) is 7.28. The van der Waals surface area contributed by atoms with Crippen LogP contribution in [0.15, 0.2) is 30.3 Å². The Hall–Kier alpha value is -2.28. The second-order valence-electron chi connectivity index (χ2n) is 4.71. The van der Waals surface area contributed by atoms with E-state index in [0.717, 1.165) is 0 Å². The zero-order chi connectivity index (χ0) is 17.9.